The summed E-state index contributed by atoms with van der Waals surface area (Å²) < 4.78 is 2.02. The molecule has 0 spiro atoms. The topological polar surface area (TPSA) is 65.2 Å². The smallest absolute Gasteiger partial charge is 0.246 e. The molecule has 0 N–H and O–H groups in total. The highest BCUT2D eigenvalue weighted by Gasteiger charge is 2.27. The summed E-state index contributed by atoms with van der Waals surface area (Å²) in [5.41, 5.74) is 2.53. The molecule has 0 atom stereocenters. The van der Waals surface area contributed by atoms with Gasteiger partial charge in [-0.05, 0) is 35.9 Å². The molecule has 2 aromatic carbocycles. The van der Waals surface area contributed by atoms with Gasteiger partial charge in [-0.2, -0.15) is 5.26 Å². The van der Waals surface area contributed by atoms with Gasteiger partial charge in [0.15, 0.2) is 0 Å². The van der Waals surface area contributed by atoms with Crippen LogP contribution in [0.25, 0.3) is 0 Å². The average molecular weight is 392 g/mol. The lowest BCUT2D eigenvalue weighted by molar-refractivity contribution is -0.117. The summed E-state index contributed by atoms with van der Waals surface area (Å²) in [7, 11) is 0. The van der Waals surface area contributed by atoms with Gasteiger partial charge in [-0.3, -0.25) is 4.79 Å². The van der Waals surface area contributed by atoms with E-state index in [1.165, 1.54) is 0 Å². The van der Waals surface area contributed by atoms with Crippen molar-refractivity contribution in [3.05, 3.63) is 77.2 Å². The fourth-order valence-electron chi connectivity index (χ4n) is 3.37. The Kier molecular flexibility index (Phi) is 5.00. The maximum Gasteiger partial charge on any atom is 0.246 e. The van der Waals surface area contributed by atoms with Crippen LogP contribution in [0.3, 0.4) is 0 Å². The molecule has 1 saturated heterocycles. The number of hydrogen-bond donors (Lipinski definition) is 0. The number of rotatable bonds is 4. The Morgan fingerprint density at radius 2 is 1.96 bits per heavy atom. The van der Waals surface area contributed by atoms with Gasteiger partial charge >= 0.3 is 0 Å². The minimum atomic E-state index is 0.0274. The highest BCUT2D eigenvalue weighted by atomic mass is 35.5. The van der Waals surface area contributed by atoms with Gasteiger partial charge in [0.05, 0.1) is 37.2 Å². The Balaban J connectivity index is 1.48. The lowest BCUT2D eigenvalue weighted by Crippen LogP contribution is -2.51. The van der Waals surface area contributed by atoms with Crippen molar-refractivity contribution in [2.24, 2.45) is 0 Å². The van der Waals surface area contributed by atoms with E-state index in [2.05, 4.69) is 11.1 Å². The molecule has 1 aliphatic heterocycles. The van der Waals surface area contributed by atoms with Crippen molar-refractivity contribution in [1.82, 2.24) is 9.55 Å². The van der Waals surface area contributed by atoms with Gasteiger partial charge in [-0.15, -0.1) is 0 Å². The molecule has 7 heteroatoms. The lowest BCUT2D eigenvalue weighted by Gasteiger charge is -2.35. The van der Waals surface area contributed by atoms with E-state index < -0.39 is 0 Å². The number of benzene rings is 2. The quantitative estimate of drug-likeness (QED) is 0.684. The van der Waals surface area contributed by atoms with Gasteiger partial charge < -0.3 is 14.4 Å². The number of imidazole rings is 1. The Bertz CT molecular complexity index is 1040. The number of halogens is 1. The van der Waals surface area contributed by atoms with Crippen molar-refractivity contribution in [3.63, 3.8) is 0 Å². The van der Waals surface area contributed by atoms with E-state index in [0.29, 0.717) is 30.2 Å². The molecule has 0 saturated carbocycles. The van der Waals surface area contributed by atoms with E-state index in [-0.39, 0.29) is 12.5 Å². The van der Waals surface area contributed by atoms with E-state index in [1.54, 1.807) is 35.6 Å². The number of anilines is 2. The van der Waals surface area contributed by atoms with Gasteiger partial charge in [0.25, 0.3) is 0 Å². The summed E-state index contributed by atoms with van der Waals surface area (Å²) in [5, 5.41) is 9.55. The number of amides is 1. The molecule has 2 heterocycles. The van der Waals surface area contributed by atoms with Crippen LogP contribution < -0.4 is 9.80 Å². The second-order valence-electron chi connectivity index (χ2n) is 6.64. The van der Waals surface area contributed by atoms with E-state index in [0.717, 1.165) is 17.1 Å². The van der Waals surface area contributed by atoms with Crippen molar-refractivity contribution >= 4 is 29.0 Å². The van der Waals surface area contributed by atoms with Crippen LogP contribution in [0.15, 0.2) is 61.1 Å². The molecule has 140 valence electrons. The van der Waals surface area contributed by atoms with Crippen molar-refractivity contribution in [2.75, 3.05) is 29.4 Å². The second-order valence-corrected chi connectivity index (χ2v) is 7.07. The summed E-state index contributed by atoms with van der Waals surface area (Å²) in [4.78, 5) is 20.8. The van der Waals surface area contributed by atoms with Crippen LogP contribution in [-0.2, 0) is 11.3 Å². The van der Waals surface area contributed by atoms with E-state index >= 15 is 0 Å². The molecule has 3 aromatic rings. The highest BCUT2D eigenvalue weighted by Crippen LogP contribution is 2.24. The molecule has 1 fully saturated rings. The Hall–Kier alpha value is -3.30. The minimum Gasteiger partial charge on any atom is -0.346 e. The Morgan fingerprint density at radius 1 is 1.14 bits per heavy atom. The molecule has 4 rings (SSSR count). The largest absolute Gasteiger partial charge is 0.346 e. The van der Waals surface area contributed by atoms with Gasteiger partial charge in [0.2, 0.25) is 5.91 Å². The number of hydrogen-bond acceptors (Lipinski definition) is 4. The van der Waals surface area contributed by atoms with Crippen LogP contribution in [0.2, 0.25) is 5.02 Å². The van der Waals surface area contributed by atoms with Crippen molar-refractivity contribution in [1.29, 1.82) is 5.26 Å². The van der Waals surface area contributed by atoms with E-state index in [1.807, 2.05) is 39.8 Å². The molecule has 1 aliphatic rings. The fourth-order valence-corrected chi connectivity index (χ4v) is 3.55. The highest BCUT2D eigenvalue weighted by molar-refractivity contribution is 6.30. The average Bonchev–Trinajstić information content (AvgIpc) is 3.16. The van der Waals surface area contributed by atoms with Gasteiger partial charge in [-0.25, -0.2) is 4.98 Å². The zero-order valence-electron chi connectivity index (χ0n) is 15.1. The number of carbonyl (C=O) groups excluding carboxylic acids is 1. The predicted molar refractivity (Wildman–Crippen MR) is 109 cm³/mol. The Labute approximate surface area is 168 Å². The molecular weight excluding hydrogens is 374 g/mol. The molecule has 0 unspecified atom stereocenters. The third kappa shape index (κ3) is 3.71. The summed E-state index contributed by atoms with van der Waals surface area (Å²) in [6, 6.07) is 17.0. The third-order valence-electron chi connectivity index (χ3n) is 4.79. The SMILES string of the molecule is N#Cc1ccc(Cn2cncc2N2CCN(c3cccc(Cl)c3)C(=O)C2)cc1. The summed E-state index contributed by atoms with van der Waals surface area (Å²) >= 11 is 6.06. The van der Waals surface area contributed by atoms with Crippen LogP contribution in [0.5, 0.6) is 0 Å². The van der Waals surface area contributed by atoms with Crippen molar-refractivity contribution in [2.45, 2.75) is 6.54 Å². The molecule has 0 radical (unpaired) electrons. The summed E-state index contributed by atoms with van der Waals surface area (Å²) in [6.07, 6.45) is 3.55. The third-order valence-corrected chi connectivity index (χ3v) is 5.03. The zero-order valence-corrected chi connectivity index (χ0v) is 15.9. The maximum absolute atomic E-state index is 12.7. The number of nitriles is 1. The zero-order chi connectivity index (χ0) is 19.5. The van der Waals surface area contributed by atoms with Crippen LogP contribution in [0.1, 0.15) is 11.1 Å². The standard InChI is InChI=1S/C21H18ClN5O/c22-18-2-1-3-19(10-18)27-9-8-25(14-21(27)28)20-12-24-15-26(20)13-17-6-4-16(11-23)5-7-17/h1-7,10,12,15H,8-9,13-14H2. The van der Waals surface area contributed by atoms with Crippen molar-refractivity contribution < 1.29 is 4.79 Å². The normalized spacial score (nSPS) is 14.2. The first-order valence-corrected chi connectivity index (χ1v) is 9.32. The second kappa shape index (κ2) is 7.75. The van der Waals surface area contributed by atoms with E-state index in [4.69, 9.17) is 16.9 Å². The first-order valence-electron chi connectivity index (χ1n) is 8.94. The first-order chi connectivity index (χ1) is 13.6. The van der Waals surface area contributed by atoms with Gasteiger partial charge in [-0.1, -0.05) is 29.8 Å². The van der Waals surface area contributed by atoms with Crippen LogP contribution in [-0.4, -0.2) is 35.1 Å². The molecule has 28 heavy (non-hydrogen) atoms. The number of aromatic nitrogens is 2. The van der Waals surface area contributed by atoms with Crippen LogP contribution >= 0.6 is 11.6 Å². The molecule has 6 nitrogen and oxygen atoms in total. The van der Waals surface area contributed by atoms with E-state index in [9.17, 15) is 4.79 Å². The fraction of sp³-hybridized carbons (Fsp3) is 0.190. The van der Waals surface area contributed by atoms with Crippen LogP contribution in [0.4, 0.5) is 11.5 Å². The minimum absolute atomic E-state index is 0.0274. The van der Waals surface area contributed by atoms with Crippen LogP contribution in [0, 0.1) is 11.3 Å². The molecular formula is C21H18ClN5O. The molecule has 1 aromatic heterocycles. The maximum atomic E-state index is 12.7. The summed E-state index contributed by atoms with van der Waals surface area (Å²) in [5.74, 6) is 0.933. The first kappa shape index (κ1) is 18.1. The predicted octanol–water partition coefficient (Wildman–Crippen LogP) is 3.31. The molecule has 1 amide bonds. The molecule has 0 bridgehead atoms. The number of carbonyl (C=O) groups is 1. The Morgan fingerprint density at radius 3 is 2.68 bits per heavy atom. The van der Waals surface area contributed by atoms with Gasteiger partial charge in [0, 0.05) is 23.8 Å². The monoisotopic (exact) mass is 391 g/mol. The molecule has 0 aliphatic carbocycles. The van der Waals surface area contributed by atoms with Crippen molar-refractivity contribution in [3.8, 4) is 6.07 Å². The van der Waals surface area contributed by atoms with Gasteiger partial charge in [0.1, 0.15) is 5.82 Å². The lowest BCUT2D eigenvalue weighted by atomic mass is 10.1. The number of nitrogens with zero attached hydrogens (tertiary/aromatic N) is 5. The number of piperazine rings is 1. The summed E-state index contributed by atoms with van der Waals surface area (Å²) in [6.45, 7) is 2.20.